The number of pyridine rings is 1. The van der Waals surface area contributed by atoms with Gasteiger partial charge in [0.15, 0.2) is 0 Å². The van der Waals surface area contributed by atoms with Crippen molar-refractivity contribution in [2.45, 2.75) is 24.5 Å². The average Bonchev–Trinajstić information content (AvgIpc) is 2.81. The van der Waals surface area contributed by atoms with Crippen molar-refractivity contribution in [1.82, 2.24) is 4.98 Å². The SMILES string of the molecule is CC(CN(C(=O)c1cc(C(F)(F)F)cc(C(F)(F)F)c1)c1cnccc1-c1ccccc1Cl)S(=O)[O-]. The van der Waals surface area contributed by atoms with Gasteiger partial charge >= 0.3 is 12.4 Å². The number of anilines is 1. The molecule has 13 heteroatoms. The second kappa shape index (κ2) is 10.6. The molecule has 192 valence electrons. The van der Waals surface area contributed by atoms with E-state index in [1.54, 1.807) is 18.2 Å². The molecule has 0 aliphatic rings. The predicted molar refractivity (Wildman–Crippen MR) is 121 cm³/mol. The van der Waals surface area contributed by atoms with Gasteiger partial charge in [0.1, 0.15) is 0 Å². The number of halogens is 7. The lowest BCUT2D eigenvalue weighted by Crippen LogP contribution is -2.39. The molecular formula is C23H16ClF6N2O3S-. The molecule has 3 rings (SSSR count). The maximum Gasteiger partial charge on any atom is 0.416 e. The van der Waals surface area contributed by atoms with Crippen molar-refractivity contribution in [3.05, 3.63) is 82.6 Å². The van der Waals surface area contributed by atoms with Crippen molar-refractivity contribution in [2.75, 3.05) is 11.4 Å². The van der Waals surface area contributed by atoms with Crippen LogP contribution in [0.2, 0.25) is 5.02 Å². The number of carbonyl (C=O) groups excluding carboxylic acids is 1. The fraction of sp³-hybridized carbons (Fsp3) is 0.217. The molecule has 0 aliphatic heterocycles. The molecule has 0 N–H and O–H groups in total. The second-order valence-corrected chi connectivity index (χ2v) is 9.39. The highest BCUT2D eigenvalue weighted by Gasteiger charge is 2.38. The summed E-state index contributed by atoms with van der Waals surface area (Å²) >= 11 is 3.54. The van der Waals surface area contributed by atoms with Crippen molar-refractivity contribution < 1.29 is 39.9 Å². The molecule has 0 bridgehead atoms. The molecule has 1 aromatic heterocycles. The highest BCUT2D eigenvalue weighted by Crippen LogP contribution is 2.38. The number of alkyl halides is 6. The van der Waals surface area contributed by atoms with E-state index in [0.29, 0.717) is 5.56 Å². The Morgan fingerprint density at radius 3 is 2.14 bits per heavy atom. The van der Waals surface area contributed by atoms with E-state index < -0.39 is 57.8 Å². The molecule has 1 heterocycles. The number of benzene rings is 2. The number of aromatic nitrogens is 1. The molecule has 5 nitrogen and oxygen atoms in total. The number of rotatable bonds is 6. The molecule has 2 atom stereocenters. The van der Waals surface area contributed by atoms with Crippen molar-refractivity contribution in [1.29, 1.82) is 0 Å². The van der Waals surface area contributed by atoms with Crippen LogP contribution in [0.4, 0.5) is 32.0 Å². The molecule has 0 aliphatic carbocycles. The average molecular weight is 550 g/mol. The minimum absolute atomic E-state index is 0.0566. The Kier molecular flexibility index (Phi) is 8.11. The van der Waals surface area contributed by atoms with E-state index in [-0.39, 0.29) is 34.5 Å². The number of amides is 1. The van der Waals surface area contributed by atoms with Gasteiger partial charge in [-0.05, 0) is 30.3 Å². The Morgan fingerprint density at radius 1 is 1.03 bits per heavy atom. The van der Waals surface area contributed by atoms with E-state index in [1.807, 2.05) is 0 Å². The van der Waals surface area contributed by atoms with Gasteiger partial charge in [-0.1, -0.05) is 47.8 Å². The first-order valence-electron chi connectivity index (χ1n) is 10.1. The summed E-state index contributed by atoms with van der Waals surface area (Å²) < 4.78 is 103. The first-order valence-corrected chi connectivity index (χ1v) is 11.6. The zero-order valence-corrected chi connectivity index (χ0v) is 19.8. The molecular weight excluding hydrogens is 534 g/mol. The normalized spacial score (nSPS) is 13.8. The Morgan fingerprint density at radius 2 is 1.61 bits per heavy atom. The zero-order valence-electron chi connectivity index (χ0n) is 18.2. The van der Waals surface area contributed by atoms with Gasteiger partial charge in [0.2, 0.25) is 0 Å². The quantitative estimate of drug-likeness (QED) is 0.265. The maximum absolute atomic E-state index is 13.5. The lowest BCUT2D eigenvalue weighted by molar-refractivity contribution is -0.143. The van der Waals surface area contributed by atoms with Crippen LogP contribution < -0.4 is 4.90 Å². The summed E-state index contributed by atoms with van der Waals surface area (Å²) in [5, 5.41) is -1.00. The number of hydrogen-bond acceptors (Lipinski definition) is 4. The zero-order chi connectivity index (χ0) is 26.8. The van der Waals surface area contributed by atoms with Gasteiger partial charge in [-0.15, -0.1) is 0 Å². The van der Waals surface area contributed by atoms with E-state index in [9.17, 15) is 39.9 Å². The molecule has 0 saturated carbocycles. The van der Waals surface area contributed by atoms with Crippen LogP contribution in [-0.4, -0.2) is 31.4 Å². The van der Waals surface area contributed by atoms with Crippen LogP contribution in [-0.2, 0) is 23.4 Å². The standard InChI is InChI=1S/C23H17ClF6N2O3S/c1-13(36(34)35)12-32(20-11-31-7-6-18(20)17-4-2-3-5-19(17)24)21(33)14-8-15(22(25,26)27)10-16(9-14)23(28,29)30/h2-11,13H,12H2,1H3,(H,34,35)/p-1. The Balaban J connectivity index is 2.24. The summed E-state index contributed by atoms with van der Waals surface area (Å²) in [5.74, 6) is -1.29. The third-order valence-electron chi connectivity index (χ3n) is 5.10. The van der Waals surface area contributed by atoms with Gasteiger partial charge in [0.25, 0.3) is 5.91 Å². The molecule has 2 unspecified atom stereocenters. The Labute approximate surface area is 209 Å². The first kappa shape index (κ1) is 27.6. The highest BCUT2D eigenvalue weighted by atomic mass is 35.5. The summed E-state index contributed by atoms with van der Waals surface area (Å²) in [6.07, 6.45) is -7.87. The molecule has 1 amide bonds. The Bertz CT molecular complexity index is 1270. The molecule has 2 aromatic carbocycles. The van der Waals surface area contributed by atoms with Gasteiger partial charge in [-0.25, -0.2) is 0 Å². The van der Waals surface area contributed by atoms with E-state index in [2.05, 4.69) is 4.98 Å². The van der Waals surface area contributed by atoms with Crippen molar-refractivity contribution in [3.8, 4) is 11.1 Å². The third kappa shape index (κ3) is 6.23. The van der Waals surface area contributed by atoms with E-state index in [1.165, 1.54) is 25.3 Å². The van der Waals surface area contributed by atoms with Crippen molar-refractivity contribution >= 4 is 34.3 Å². The minimum Gasteiger partial charge on any atom is -0.772 e. The molecule has 0 saturated heterocycles. The fourth-order valence-corrected chi connectivity index (χ4v) is 3.86. The summed E-state index contributed by atoms with van der Waals surface area (Å²) in [6, 6.07) is 8.26. The van der Waals surface area contributed by atoms with Gasteiger partial charge < -0.3 is 9.45 Å². The molecule has 0 spiro atoms. The third-order valence-corrected chi connectivity index (χ3v) is 6.24. The number of hydrogen-bond donors (Lipinski definition) is 0. The first-order chi connectivity index (χ1) is 16.7. The summed E-state index contributed by atoms with van der Waals surface area (Å²) in [6.45, 7) is 0.637. The number of nitrogens with zero attached hydrogens (tertiary/aromatic N) is 2. The van der Waals surface area contributed by atoms with Gasteiger partial charge in [-0.2, -0.15) is 26.3 Å². The summed E-state index contributed by atoms with van der Waals surface area (Å²) in [4.78, 5) is 18.2. The van der Waals surface area contributed by atoms with Crippen LogP contribution in [0.25, 0.3) is 11.1 Å². The van der Waals surface area contributed by atoms with E-state index >= 15 is 0 Å². The summed E-state index contributed by atoms with van der Waals surface area (Å²) in [5.41, 5.74) is -3.72. The largest absolute Gasteiger partial charge is 0.772 e. The van der Waals surface area contributed by atoms with Crippen molar-refractivity contribution in [3.63, 3.8) is 0 Å². The minimum atomic E-state index is -5.18. The molecule has 3 aromatic rings. The predicted octanol–water partition coefficient (Wildman–Crippen LogP) is 6.35. The summed E-state index contributed by atoms with van der Waals surface area (Å²) in [7, 11) is 0. The fourth-order valence-electron chi connectivity index (χ4n) is 3.35. The van der Waals surface area contributed by atoms with Crippen LogP contribution >= 0.6 is 11.6 Å². The van der Waals surface area contributed by atoms with Crippen LogP contribution in [0.5, 0.6) is 0 Å². The Hall–Kier alpha value is -2.96. The van der Waals surface area contributed by atoms with E-state index in [0.717, 1.165) is 11.1 Å². The highest BCUT2D eigenvalue weighted by molar-refractivity contribution is 7.79. The second-order valence-electron chi connectivity index (χ2n) is 7.65. The monoisotopic (exact) mass is 549 g/mol. The maximum atomic E-state index is 13.5. The molecule has 0 fully saturated rings. The lowest BCUT2D eigenvalue weighted by atomic mass is 10.0. The van der Waals surface area contributed by atoms with Gasteiger partial charge in [0.05, 0.1) is 23.0 Å². The van der Waals surface area contributed by atoms with Crippen LogP contribution in [0, 0.1) is 0 Å². The van der Waals surface area contributed by atoms with Gasteiger partial charge in [0, 0.05) is 39.7 Å². The smallest absolute Gasteiger partial charge is 0.416 e. The van der Waals surface area contributed by atoms with Crippen LogP contribution in [0.3, 0.4) is 0 Å². The van der Waals surface area contributed by atoms with Crippen LogP contribution in [0.1, 0.15) is 28.4 Å². The van der Waals surface area contributed by atoms with Gasteiger partial charge in [-0.3, -0.25) is 14.0 Å². The molecule has 0 radical (unpaired) electrons. The van der Waals surface area contributed by atoms with E-state index in [4.69, 9.17) is 11.6 Å². The lowest BCUT2D eigenvalue weighted by Gasteiger charge is -2.29. The number of carbonyl (C=O) groups is 1. The van der Waals surface area contributed by atoms with Crippen molar-refractivity contribution in [2.24, 2.45) is 0 Å². The van der Waals surface area contributed by atoms with Crippen LogP contribution in [0.15, 0.2) is 60.9 Å². The topological polar surface area (TPSA) is 73.3 Å². The molecule has 36 heavy (non-hydrogen) atoms.